The van der Waals surface area contributed by atoms with Gasteiger partial charge in [0.15, 0.2) is 18.1 Å². The highest BCUT2D eigenvalue weighted by Gasteiger charge is 2.30. The number of fused-ring (bicyclic) bond motifs is 1. The normalized spacial score (nSPS) is 17.8. The summed E-state index contributed by atoms with van der Waals surface area (Å²) in [5.41, 5.74) is 2.66. The average Bonchev–Trinajstić information content (AvgIpc) is 3.87. The maximum atomic E-state index is 13.2. The predicted octanol–water partition coefficient (Wildman–Crippen LogP) is 3.92. The van der Waals surface area contributed by atoms with E-state index in [4.69, 9.17) is 4.74 Å². The number of ether oxygens (including phenoxy) is 1. The molecule has 3 aromatic rings. The number of benzene rings is 2. The quantitative estimate of drug-likeness (QED) is 0.0922. The predicted molar refractivity (Wildman–Crippen MR) is 162 cm³/mol. The van der Waals surface area contributed by atoms with Gasteiger partial charge in [-0.05, 0) is 70.2 Å². The van der Waals surface area contributed by atoms with Crippen molar-refractivity contribution in [3.05, 3.63) is 77.6 Å². The first kappa shape index (κ1) is 29.6. The number of amides is 1. The number of nitrogens with one attached hydrogen (secondary N) is 5. The summed E-state index contributed by atoms with van der Waals surface area (Å²) in [5.74, 6) is -0.274. The summed E-state index contributed by atoms with van der Waals surface area (Å²) in [7, 11) is 0. The Morgan fingerprint density at radius 3 is 2.50 bits per heavy atom. The Hall–Kier alpha value is -3.86. The van der Waals surface area contributed by atoms with E-state index in [-0.39, 0.29) is 24.3 Å². The van der Waals surface area contributed by atoms with E-state index in [9.17, 15) is 19.8 Å². The lowest BCUT2D eigenvalue weighted by Crippen LogP contribution is -2.46. The van der Waals surface area contributed by atoms with Gasteiger partial charge in [-0.3, -0.25) is 10.1 Å². The van der Waals surface area contributed by atoms with Crippen molar-refractivity contribution in [3.8, 4) is 0 Å². The highest BCUT2D eigenvalue weighted by molar-refractivity contribution is 6.05. The number of aliphatic hydroxyl groups excluding tert-OH is 2. The Kier molecular flexibility index (Phi) is 8.86. The standard InChI is InChI=1S/C32H41N5O5/c1-32(2,3)37-31(41)42-28(16-20-18-33-25-10-5-4-9-24(20)25)30(40)36-23-8-6-7-19(15-23)27(38)17-26(34-21-11-12-21)29(39)35-22-13-14-22/h4-10,15,17-18,21-22,28-30,33-36,39-40H,11-14,16H2,1-3H3,(H,37,41)/b26-17+/t28-,29-,30-/m0/s1. The molecule has 0 aliphatic heterocycles. The lowest BCUT2D eigenvalue weighted by Gasteiger charge is -2.27. The van der Waals surface area contributed by atoms with Crippen molar-refractivity contribution in [2.24, 2.45) is 0 Å². The number of aliphatic hydroxyl groups is 2. The van der Waals surface area contributed by atoms with Crippen LogP contribution in [0.1, 0.15) is 62.4 Å². The lowest BCUT2D eigenvalue weighted by molar-refractivity contribution is 0.0143. The number of H-pyrrole nitrogens is 1. The second kappa shape index (κ2) is 12.6. The van der Waals surface area contributed by atoms with E-state index in [1.54, 1.807) is 24.3 Å². The third kappa shape index (κ3) is 8.34. The van der Waals surface area contributed by atoms with Crippen LogP contribution in [-0.4, -0.2) is 63.3 Å². The first-order valence-corrected chi connectivity index (χ1v) is 14.6. The molecule has 0 unspecified atom stereocenters. The van der Waals surface area contributed by atoms with E-state index < -0.39 is 30.2 Å². The van der Waals surface area contributed by atoms with Gasteiger partial charge >= 0.3 is 6.09 Å². The Balaban J connectivity index is 1.31. The van der Waals surface area contributed by atoms with Crippen molar-refractivity contribution in [2.75, 3.05) is 5.32 Å². The first-order valence-electron chi connectivity index (χ1n) is 14.6. The zero-order valence-corrected chi connectivity index (χ0v) is 24.3. The van der Waals surface area contributed by atoms with Crippen molar-refractivity contribution >= 4 is 28.5 Å². The number of allylic oxidation sites excluding steroid dienone is 1. The van der Waals surface area contributed by atoms with Crippen molar-refractivity contribution in [1.29, 1.82) is 0 Å². The van der Waals surface area contributed by atoms with E-state index in [0.717, 1.165) is 42.1 Å². The number of rotatable bonds is 13. The molecule has 10 nitrogen and oxygen atoms in total. The SMILES string of the molecule is CC(C)(C)NC(=O)O[C@@H](Cc1c[nH]c2ccccc12)[C@H](O)Nc1cccc(C(=O)/C=C(/NC2CC2)[C@H](O)NC2CC2)c1. The third-order valence-corrected chi connectivity index (χ3v) is 7.15. The summed E-state index contributed by atoms with van der Waals surface area (Å²) in [6.07, 6.45) is 3.78. The fraction of sp³-hybridized carbons (Fsp3) is 0.438. The van der Waals surface area contributed by atoms with Crippen LogP contribution in [0.25, 0.3) is 10.9 Å². The van der Waals surface area contributed by atoms with Crippen LogP contribution in [0.5, 0.6) is 0 Å². The van der Waals surface area contributed by atoms with Gasteiger partial charge in [-0.15, -0.1) is 0 Å². The van der Waals surface area contributed by atoms with Crippen molar-refractivity contribution < 1.29 is 24.5 Å². The van der Waals surface area contributed by atoms with Gasteiger partial charge < -0.3 is 35.9 Å². The van der Waals surface area contributed by atoms with E-state index >= 15 is 0 Å². The van der Waals surface area contributed by atoms with Crippen LogP contribution in [-0.2, 0) is 11.2 Å². The minimum atomic E-state index is -1.28. The van der Waals surface area contributed by atoms with Gasteiger partial charge in [0.1, 0.15) is 6.23 Å². The van der Waals surface area contributed by atoms with E-state index in [2.05, 4.69) is 26.3 Å². The van der Waals surface area contributed by atoms with Gasteiger partial charge in [-0.2, -0.15) is 0 Å². The molecule has 0 saturated heterocycles. The largest absolute Gasteiger partial charge is 0.441 e. The van der Waals surface area contributed by atoms with E-state index in [0.29, 0.717) is 16.9 Å². The molecule has 1 aromatic heterocycles. The highest BCUT2D eigenvalue weighted by atomic mass is 16.6. The molecule has 10 heteroatoms. The minimum absolute atomic E-state index is 0.249. The van der Waals surface area contributed by atoms with Crippen LogP contribution >= 0.6 is 0 Å². The van der Waals surface area contributed by atoms with Crippen molar-refractivity contribution in [3.63, 3.8) is 0 Å². The van der Waals surface area contributed by atoms with Gasteiger partial charge in [0, 0.05) is 58.5 Å². The summed E-state index contributed by atoms with van der Waals surface area (Å²) in [4.78, 5) is 29.1. The molecule has 2 saturated carbocycles. The smallest absolute Gasteiger partial charge is 0.407 e. The maximum absolute atomic E-state index is 13.2. The van der Waals surface area contributed by atoms with Crippen LogP contribution in [0.4, 0.5) is 10.5 Å². The summed E-state index contributed by atoms with van der Waals surface area (Å²) < 4.78 is 5.72. The molecule has 2 aliphatic rings. The molecular weight excluding hydrogens is 534 g/mol. The fourth-order valence-corrected chi connectivity index (χ4v) is 4.68. The molecule has 5 rings (SSSR count). The van der Waals surface area contributed by atoms with Crippen LogP contribution in [0.2, 0.25) is 0 Å². The molecule has 3 atom stereocenters. The zero-order valence-electron chi connectivity index (χ0n) is 24.3. The number of carbonyl (C=O) groups is 2. The third-order valence-electron chi connectivity index (χ3n) is 7.15. The molecule has 0 spiro atoms. The minimum Gasteiger partial charge on any atom is -0.441 e. The Morgan fingerprint density at radius 2 is 1.79 bits per heavy atom. The van der Waals surface area contributed by atoms with E-state index in [1.165, 1.54) is 6.08 Å². The summed E-state index contributed by atoms with van der Waals surface area (Å²) in [6, 6.07) is 15.1. The number of hydrogen-bond acceptors (Lipinski definition) is 8. The van der Waals surface area contributed by atoms with Crippen molar-refractivity contribution in [1.82, 2.24) is 20.9 Å². The molecular formula is C32H41N5O5. The number of aromatic nitrogens is 1. The first-order chi connectivity index (χ1) is 20.0. The summed E-state index contributed by atoms with van der Waals surface area (Å²) in [6.45, 7) is 5.55. The number of para-hydroxylation sites is 1. The van der Waals surface area contributed by atoms with Gasteiger partial charge in [-0.1, -0.05) is 30.3 Å². The molecule has 0 radical (unpaired) electrons. The molecule has 2 aliphatic carbocycles. The van der Waals surface area contributed by atoms with Gasteiger partial charge in [-0.25, -0.2) is 4.79 Å². The Labute approximate surface area is 245 Å². The Bertz CT molecular complexity index is 1440. The maximum Gasteiger partial charge on any atom is 0.407 e. The number of hydrogen-bond donors (Lipinski definition) is 7. The van der Waals surface area contributed by atoms with Gasteiger partial charge in [0.2, 0.25) is 0 Å². The van der Waals surface area contributed by atoms with Gasteiger partial charge in [0.25, 0.3) is 0 Å². The summed E-state index contributed by atoms with van der Waals surface area (Å²) >= 11 is 0. The van der Waals surface area contributed by atoms with Crippen LogP contribution in [0.15, 0.2) is 66.5 Å². The number of carbonyl (C=O) groups excluding carboxylic acids is 2. The van der Waals surface area contributed by atoms with Crippen LogP contribution in [0, 0.1) is 0 Å². The number of alkyl carbamates (subject to hydrolysis) is 1. The molecule has 2 aromatic carbocycles. The lowest BCUT2D eigenvalue weighted by atomic mass is 10.0. The number of aromatic amines is 1. The van der Waals surface area contributed by atoms with Gasteiger partial charge in [0.05, 0.1) is 5.70 Å². The Morgan fingerprint density at radius 1 is 1.05 bits per heavy atom. The topological polar surface area (TPSA) is 148 Å². The molecule has 1 heterocycles. The molecule has 42 heavy (non-hydrogen) atoms. The molecule has 0 bridgehead atoms. The average molecular weight is 576 g/mol. The zero-order chi connectivity index (χ0) is 29.9. The second-order valence-corrected chi connectivity index (χ2v) is 12.3. The van der Waals surface area contributed by atoms with Crippen molar-refractivity contribution in [2.45, 2.75) is 89.1 Å². The van der Waals surface area contributed by atoms with Crippen LogP contribution < -0.4 is 21.3 Å². The second-order valence-electron chi connectivity index (χ2n) is 12.3. The van der Waals surface area contributed by atoms with E-state index in [1.807, 2.05) is 51.2 Å². The fourth-order valence-electron chi connectivity index (χ4n) is 4.68. The molecule has 1 amide bonds. The number of anilines is 1. The monoisotopic (exact) mass is 575 g/mol. The molecule has 2 fully saturated rings. The summed E-state index contributed by atoms with van der Waals surface area (Å²) in [5, 5.41) is 35.1. The number of ketones is 1. The van der Waals surface area contributed by atoms with Crippen LogP contribution in [0.3, 0.4) is 0 Å². The molecule has 224 valence electrons. The highest BCUT2D eigenvalue weighted by Crippen LogP contribution is 2.25. The molecule has 7 N–H and O–H groups in total.